The summed E-state index contributed by atoms with van der Waals surface area (Å²) in [7, 11) is -1.48. The van der Waals surface area contributed by atoms with Gasteiger partial charge in [-0.2, -0.15) is 0 Å². The maximum atomic E-state index is 10.3. The maximum absolute atomic E-state index is 10.3. The lowest BCUT2D eigenvalue weighted by Crippen LogP contribution is -2.39. The van der Waals surface area contributed by atoms with Crippen molar-refractivity contribution < 1.29 is 9.22 Å². The van der Waals surface area contributed by atoms with Crippen LogP contribution in [0, 0.1) is 0 Å². The lowest BCUT2D eigenvalue weighted by Gasteiger charge is -2.31. The Morgan fingerprint density at radius 2 is 1.69 bits per heavy atom. The highest BCUT2D eigenvalue weighted by molar-refractivity contribution is 6.73. The molecule has 78 valence electrons. The van der Waals surface area contributed by atoms with Crippen molar-refractivity contribution >= 4 is 14.6 Å². The number of hydrogen-bond donors (Lipinski definition) is 0. The summed E-state index contributed by atoms with van der Waals surface area (Å²) >= 11 is 0. The largest absolute Gasteiger partial charge is 0.414 e. The fraction of sp³-hybridized carbons (Fsp3) is 0.900. The van der Waals surface area contributed by atoms with E-state index < -0.39 is 8.32 Å². The van der Waals surface area contributed by atoms with Crippen molar-refractivity contribution in [3.8, 4) is 0 Å². The zero-order valence-corrected chi connectivity index (χ0v) is 10.3. The van der Waals surface area contributed by atoms with Crippen molar-refractivity contribution in [3.63, 3.8) is 0 Å². The molecule has 1 atom stereocenters. The number of carbonyl (C=O) groups excluding carboxylic acids is 1. The Morgan fingerprint density at radius 1 is 1.23 bits per heavy atom. The van der Waals surface area contributed by atoms with Crippen LogP contribution in [0.3, 0.4) is 0 Å². The minimum Gasteiger partial charge on any atom is -0.414 e. The van der Waals surface area contributed by atoms with E-state index in [1.54, 1.807) is 0 Å². The van der Waals surface area contributed by atoms with E-state index in [9.17, 15) is 4.79 Å². The van der Waals surface area contributed by atoms with Crippen LogP contribution >= 0.6 is 0 Å². The highest BCUT2D eigenvalue weighted by Crippen LogP contribution is 2.23. The second kappa shape index (κ2) is 6.32. The van der Waals surface area contributed by atoms with Crippen LogP contribution in [0.2, 0.25) is 18.1 Å². The van der Waals surface area contributed by atoms with Gasteiger partial charge in [-0.25, -0.2) is 0 Å². The van der Waals surface area contributed by atoms with Crippen LogP contribution in [-0.2, 0) is 9.22 Å². The predicted octanol–water partition coefficient (Wildman–Crippen LogP) is 2.99. The van der Waals surface area contributed by atoms with E-state index in [0.717, 1.165) is 24.4 Å². The van der Waals surface area contributed by atoms with Gasteiger partial charge in [0.1, 0.15) is 6.29 Å². The van der Waals surface area contributed by atoms with Gasteiger partial charge in [-0.1, -0.05) is 20.8 Å². The van der Waals surface area contributed by atoms with E-state index in [-0.39, 0.29) is 6.10 Å². The van der Waals surface area contributed by atoms with E-state index in [2.05, 4.69) is 20.8 Å². The van der Waals surface area contributed by atoms with E-state index in [0.29, 0.717) is 6.42 Å². The third-order valence-electron chi connectivity index (χ3n) is 2.81. The highest BCUT2D eigenvalue weighted by Gasteiger charge is 2.30. The van der Waals surface area contributed by atoms with Crippen LogP contribution in [0.4, 0.5) is 0 Å². The standard InChI is InChI=1S/C10H22O2Si/c1-5-13(6-2,7-3)12-10(4)8-9-11/h9-10H,5-8H2,1-4H3/t10-/m1/s1. The molecule has 2 nitrogen and oxygen atoms in total. The molecule has 0 heterocycles. The van der Waals surface area contributed by atoms with Gasteiger partial charge < -0.3 is 9.22 Å². The molecule has 0 aliphatic rings. The molecule has 0 aromatic heterocycles. The van der Waals surface area contributed by atoms with Gasteiger partial charge in [0.15, 0.2) is 8.32 Å². The molecule has 0 saturated heterocycles. The number of hydrogen-bond acceptors (Lipinski definition) is 2. The molecule has 0 spiro atoms. The Hall–Kier alpha value is -0.153. The predicted molar refractivity (Wildman–Crippen MR) is 58.4 cm³/mol. The third kappa shape index (κ3) is 4.05. The molecule has 13 heavy (non-hydrogen) atoms. The van der Waals surface area contributed by atoms with Crippen molar-refractivity contribution in [3.05, 3.63) is 0 Å². The molecular weight excluding hydrogens is 180 g/mol. The quantitative estimate of drug-likeness (QED) is 0.468. The van der Waals surface area contributed by atoms with Crippen LogP contribution in [-0.4, -0.2) is 20.7 Å². The van der Waals surface area contributed by atoms with Gasteiger partial charge >= 0.3 is 0 Å². The molecule has 0 amide bonds. The maximum Gasteiger partial charge on any atom is 0.192 e. The van der Waals surface area contributed by atoms with Crippen molar-refractivity contribution in [1.29, 1.82) is 0 Å². The topological polar surface area (TPSA) is 26.3 Å². The van der Waals surface area contributed by atoms with Gasteiger partial charge in [0.05, 0.1) is 0 Å². The molecule has 0 fully saturated rings. The Bertz CT molecular complexity index is 136. The lowest BCUT2D eigenvalue weighted by molar-refractivity contribution is -0.109. The van der Waals surface area contributed by atoms with Gasteiger partial charge in [0.25, 0.3) is 0 Å². The van der Waals surface area contributed by atoms with Crippen molar-refractivity contribution in [2.75, 3.05) is 0 Å². The Labute approximate surface area is 82.8 Å². The SMILES string of the molecule is CC[Si](CC)(CC)O[C@H](C)CC=O. The molecule has 0 bridgehead atoms. The summed E-state index contributed by atoms with van der Waals surface area (Å²) in [6.45, 7) is 8.60. The van der Waals surface area contributed by atoms with Crippen LogP contribution in [0.5, 0.6) is 0 Å². The first-order chi connectivity index (χ1) is 6.14. The average molecular weight is 202 g/mol. The third-order valence-corrected chi connectivity index (χ3v) is 7.58. The highest BCUT2D eigenvalue weighted by atomic mass is 28.4. The normalized spacial score (nSPS) is 14.2. The van der Waals surface area contributed by atoms with Crippen LogP contribution in [0.1, 0.15) is 34.1 Å². The zero-order chi connectivity index (χ0) is 10.3. The zero-order valence-electron chi connectivity index (χ0n) is 9.30. The number of aldehydes is 1. The van der Waals surface area contributed by atoms with E-state index in [1.807, 2.05) is 6.92 Å². The second-order valence-corrected chi connectivity index (χ2v) is 8.30. The van der Waals surface area contributed by atoms with Crippen molar-refractivity contribution in [2.45, 2.75) is 58.4 Å². The van der Waals surface area contributed by atoms with E-state index in [4.69, 9.17) is 4.43 Å². The minimum absolute atomic E-state index is 0.115. The molecule has 0 saturated carbocycles. The fourth-order valence-electron chi connectivity index (χ4n) is 1.61. The van der Waals surface area contributed by atoms with Gasteiger partial charge in [0, 0.05) is 12.5 Å². The van der Waals surface area contributed by atoms with Crippen LogP contribution in [0.25, 0.3) is 0 Å². The molecule has 0 aromatic rings. The average Bonchev–Trinajstić information content (AvgIpc) is 2.15. The number of rotatable bonds is 7. The first-order valence-electron chi connectivity index (χ1n) is 5.25. The summed E-state index contributed by atoms with van der Waals surface area (Å²) in [6, 6.07) is 3.47. The Balaban J connectivity index is 4.14. The van der Waals surface area contributed by atoms with Gasteiger partial charge in [0.2, 0.25) is 0 Å². The summed E-state index contributed by atoms with van der Waals surface area (Å²) in [5.41, 5.74) is 0. The molecule has 0 aliphatic heterocycles. The number of carbonyl (C=O) groups is 1. The summed E-state index contributed by atoms with van der Waals surface area (Å²) < 4.78 is 6.03. The summed E-state index contributed by atoms with van der Waals surface area (Å²) in [5, 5.41) is 0. The minimum atomic E-state index is -1.48. The molecule has 0 aliphatic carbocycles. The second-order valence-electron chi connectivity index (χ2n) is 3.57. The summed E-state index contributed by atoms with van der Waals surface area (Å²) in [6.07, 6.45) is 1.60. The Morgan fingerprint density at radius 3 is 2.00 bits per heavy atom. The fourth-order valence-corrected chi connectivity index (χ4v) is 4.56. The van der Waals surface area contributed by atoms with Crippen molar-refractivity contribution in [1.82, 2.24) is 0 Å². The molecule has 0 N–H and O–H groups in total. The first-order valence-corrected chi connectivity index (χ1v) is 7.78. The molecule has 0 radical (unpaired) electrons. The van der Waals surface area contributed by atoms with Crippen molar-refractivity contribution in [2.24, 2.45) is 0 Å². The summed E-state index contributed by atoms with van der Waals surface area (Å²) in [4.78, 5) is 10.3. The van der Waals surface area contributed by atoms with E-state index >= 15 is 0 Å². The Kier molecular flexibility index (Phi) is 6.25. The smallest absolute Gasteiger partial charge is 0.192 e. The summed E-state index contributed by atoms with van der Waals surface area (Å²) in [5.74, 6) is 0. The monoisotopic (exact) mass is 202 g/mol. The molecule has 0 rings (SSSR count). The molecule has 3 heteroatoms. The molecule has 0 unspecified atom stereocenters. The van der Waals surface area contributed by atoms with Crippen LogP contribution in [0.15, 0.2) is 0 Å². The van der Waals surface area contributed by atoms with Gasteiger partial charge in [-0.05, 0) is 25.1 Å². The van der Waals surface area contributed by atoms with Gasteiger partial charge in [-0.15, -0.1) is 0 Å². The first kappa shape index (κ1) is 12.8. The van der Waals surface area contributed by atoms with Gasteiger partial charge in [-0.3, -0.25) is 0 Å². The molecular formula is C10H22O2Si. The lowest BCUT2D eigenvalue weighted by atomic mass is 10.3. The molecule has 0 aromatic carbocycles. The van der Waals surface area contributed by atoms with Crippen LogP contribution < -0.4 is 0 Å². The van der Waals surface area contributed by atoms with E-state index in [1.165, 1.54) is 0 Å².